The first kappa shape index (κ1) is 14.7. The first-order chi connectivity index (χ1) is 8.45. The molecule has 0 aliphatic heterocycles. The fourth-order valence-corrected chi connectivity index (χ4v) is 1.86. The molecule has 0 heterocycles. The topological polar surface area (TPSA) is 58.2 Å². The average Bonchev–Trinajstić information content (AvgIpc) is 2.35. The molecule has 2 atom stereocenters. The van der Waals surface area contributed by atoms with E-state index in [1.54, 1.807) is 12.3 Å². The van der Waals surface area contributed by atoms with Crippen LogP contribution in [0.1, 0.15) is 22.8 Å². The molecule has 0 fully saturated rings. The Morgan fingerprint density at radius 1 is 1.44 bits per heavy atom. The van der Waals surface area contributed by atoms with Crippen LogP contribution in [-0.2, 0) is 10.8 Å². The van der Waals surface area contributed by atoms with E-state index in [1.165, 1.54) is 0 Å². The first-order valence-electron chi connectivity index (χ1n) is 5.84. The molecule has 1 amide bonds. The van der Waals surface area contributed by atoms with Crippen molar-refractivity contribution < 1.29 is 9.00 Å². The number of hydrogen-bond acceptors (Lipinski definition) is 3. The first-order valence-corrected chi connectivity index (χ1v) is 7.46. The van der Waals surface area contributed by atoms with Gasteiger partial charge in [-0.05, 0) is 37.6 Å². The second-order valence-electron chi connectivity index (χ2n) is 4.30. The molecule has 0 radical (unpaired) electrons. The largest absolute Gasteiger partial charge is 0.388 e. The molecule has 1 rings (SSSR count). The lowest BCUT2D eigenvalue weighted by molar-refractivity contribution is 0.0954. The minimum atomic E-state index is -0.917. The van der Waals surface area contributed by atoms with Gasteiger partial charge in [0.05, 0.1) is 0 Å². The summed E-state index contributed by atoms with van der Waals surface area (Å²) >= 11 is 0. The van der Waals surface area contributed by atoms with Gasteiger partial charge in [0.2, 0.25) is 0 Å². The number of anilines is 1. The lowest BCUT2D eigenvalue weighted by Crippen LogP contribution is -2.32. The third kappa shape index (κ3) is 3.84. The Kier molecular flexibility index (Phi) is 5.34. The summed E-state index contributed by atoms with van der Waals surface area (Å²) in [4.78, 5) is 11.9. The number of carbonyl (C=O) groups excluding carboxylic acids is 1. The van der Waals surface area contributed by atoms with Gasteiger partial charge in [-0.3, -0.25) is 9.00 Å². The zero-order valence-electron chi connectivity index (χ0n) is 11.2. The molecule has 100 valence electrons. The van der Waals surface area contributed by atoms with E-state index in [2.05, 4.69) is 10.6 Å². The average molecular weight is 268 g/mol. The van der Waals surface area contributed by atoms with E-state index in [0.29, 0.717) is 12.1 Å². The third-order valence-corrected chi connectivity index (χ3v) is 4.17. The fourth-order valence-electron chi connectivity index (χ4n) is 1.54. The number of benzene rings is 1. The Morgan fingerprint density at radius 3 is 2.61 bits per heavy atom. The molecule has 0 saturated carbocycles. The molecule has 0 aliphatic carbocycles. The van der Waals surface area contributed by atoms with Crippen LogP contribution >= 0.6 is 0 Å². The maximum Gasteiger partial charge on any atom is 0.251 e. The lowest BCUT2D eigenvalue weighted by Gasteiger charge is -2.11. The molecular weight excluding hydrogens is 248 g/mol. The number of hydrogen-bond donors (Lipinski definition) is 2. The molecule has 0 aromatic heterocycles. The van der Waals surface area contributed by atoms with Gasteiger partial charge >= 0.3 is 0 Å². The molecule has 0 bridgehead atoms. The Bertz CT molecular complexity index is 460. The van der Waals surface area contributed by atoms with Crippen molar-refractivity contribution in [2.75, 3.05) is 25.2 Å². The van der Waals surface area contributed by atoms with Crippen molar-refractivity contribution in [1.29, 1.82) is 0 Å². The van der Waals surface area contributed by atoms with E-state index in [4.69, 9.17) is 0 Å². The quantitative estimate of drug-likeness (QED) is 0.851. The highest BCUT2D eigenvalue weighted by Crippen LogP contribution is 2.15. The highest BCUT2D eigenvalue weighted by atomic mass is 32.2. The molecule has 0 saturated heterocycles. The Labute approximate surface area is 111 Å². The monoisotopic (exact) mass is 268 g/mol. The number of carbonyl (C=O) groups is 1. The summed E-state index contributed by atoms with van der Waals surface area (Å²) in [5, 5.41) is 5.81. The molecule has 0 aliphatic rings. The second-order valence-corrected chi connectivity index (χ2v) is 6.10. The van der Waals surface area contributed by atoms with Crippen molar-refractivity contribution in [2.24, 2.45) is 0 Å². The molecule has 1 aromatic carbocycles. The summed E-state index contributed by atoms with van der Waals surface area (Å²) < 4.78 is 11.2. The lowest BCUT2D eigenvalue weighted by atomic mass is 10.1. The zero-order valence-corrected chi connectivity index (χ0v) is 12.1. The molecule has 2 unspecified atom stereocenters. The standard InChI is InChI=1S/C13H20N2O2S/c1-9-7-11(5-6-12(9)14-3)13(16)15-8-10(2)18(4)17/h5-7,10,14H,8H2,1-4H3,(H,15,16). The van der Waals surface area contributed by atoms with Gasteiger partial charge in [-0.25, -0.2) is 0 Å². The minimum absolute atomic E-state index is 0.0355. The van der Waals surface area contributed by atoms with E-state index in [1.807, 2.05) is 33.0 Å². The van der Waals surface area contributed by atoms with Crippen LogP contribution in [0, 0.1) is 6.92 Å². The number of rotatable bonds is 5. The highest BCUT2D eigenvalue weighted by molar-refractivity contribution is 7.84. The normalized spacial score (nSPS) is 13.8. The molecule has 0 spiro atoms. The molecule has 5 heteroatoms. The predicted molar refractivity (Wildman–Crippen MR) is 76.6 cm³/mol. The van der Waals surface area contributed by atoms with Gasteiger partial charge in [0.25, 0.3) is 5.91 Å². The van der Waals surface area contributed by atoms with E-state index >= 15 is 0 Å². The van der Waals surface area contributed by atoms with Crippen molar-refractivity contribution in [3.8, 4) is 0 Å². The van der Waals surface area contributed by atoms with Gasteiger partial charge in [0, 0.05) is 47.1 Å². The van der Waals surface area contributed by atoms with Gasteiger partial charge in [-0.15, -0.1) is 0 Å². The van der Waals surface area contributed by atoms with Gasteiger partial charge in [0.1, 0.15) is 0 Å². The van der Waals surface area contributed by atoms with Crippen molar-refractivity contribution in [3.63, 3.8) is 0 Å². The van der Waals surface area contributed by atoms with Crippen molar-refractivity contribution >= 4 is 22.4 Å². The summed E-state index contributed by atoms with van der Waals surface area (Å²) in [5.74, 6) is -0.127. The zero-order chi connectivity index (χ0) is 13.7. The maximum absolute atomic E-state index is 11.9. The molecule has 2 N–H and O–H groups in total. The Balaban J connectivity index is 2.67. The van der Waals surface area contributed by atoms with Gasteiger partial charge in [-0.1, -0.05) is 0 Å². The highest BCUT2D eigenvalue weighted by Gasteiger charge is 2.10. The number of nitrogens with one attached hydrogen (secondary N) is 2. The third-order valence-electron chi connectivity index (χ3n) is 2.87. The SMILES string of the molecule is CNc1ccc(C(=O)NCC(C)S(C)=O)cc1C. The molecule has 18 heavy (non-hydrogen) atoms. The van der Waals surface area contributed by atoms with Gasteiger partial charge in [0.15, 0.2) is 0 Å². The van der Waals surface area contributed by atoms with Crippen LogP contribution in [0.3, 0.4) is 0 Å². The van der Waals surface area contributed by atoms with E-state index in [0.717, 1.165) is 11.3 Å². The summed E-state index contributed by atoms with van der Waals surface area (Å²) in [6, 6.07) is 5.50. The van der Waals surface area contributed by atoms with Gasteiger partial charge < -0.3 is 10.6 Å². The summed E-state index contributed by atoms with van der Waals surface area (Å²) in [6.07, 6.45) is 1.64. The number of aryl methyl sites for hydroxylation is 1. The van der Waals surface area contributed by atoms with Crippen LogP contribution < -0.4 is 10.6 Å². The smallest absolute Gasteiger partial charge is 0.251 e. The second kappa shape index (κ2) is 6.54. The van der Waals surface area contributed by atoms with E-state index in [9.17, 15) is 9.00 Å². The maximum atomic E-state index is 11.9. The number of amides is 1. The summed E-state index contributed by atoms with van der Waals surface area (Å²) in [5.41, 5.74) is 2.66. The van der Waals surface area contributed by atoms with Crippen molar-refractivity contribution in [1.82, 2.24) is 5.32 Å². The minimum Gasteiger partial charge on any atom is -0.388 e. The van der Waals surface area contributed by atoms with Crippen molar-refractivity contribution in [2.45, 2.75) is 19.1 Å². The summed E-state index contributed by atoms with van der Waals surface area (Å²) in [7, 11) is 0.930. The Morgan fingerprint density at radius 2 is 2.11 bits per heavy atom. The van der Waals surface area contributed by atoms with Crippen LogP contribution in [0.15, 0.2) is 18.2 Å². The van der Waals surface area contributed by atoms with Crippen LogP contribution in [-0.4, -0.2) is 35.2 Å². The fraction of sp³-hybridized carbons (Fsp3) is 0.462. The molecular formula is C13H20N2O2S. The molecule has 1 aromatic rings. The van der Waals surface area contributed by atoms with Crippen LogP contribution in [0.4, 0.5) is 5.69 Å². The van der Waals surface area contributed by atoms with Crippen LogP contribution in [0.25, 0.3) is 0 Å². The Hall–Kier alpha value is -1.36. The van der Waals surface area contributed by atoms with Gasteiger partial charge in [-0.2, -0.15) is 0 Å². The van der Waals surface area contributed by atoms with E-state index < -0.39 is 10.8 Å². The van der Waals surface area contributed by atoms with E-state index in [-0.39, 0.29) is 11.2 Å². The van der Waals surface area contributed by atoms with Crippen LogP contribution in [0.2, 0.25) is 0 Å². The molecule has 4 nitrogen and oxygen atoms in total. The summed E-state index contributed by atoms with van der Waals surface area (Å²) in [6.45, 7) is 4.23. The predicted octanol–water partition coefficient (Wildman–Crippen LogP) is 1.53. The van der Waals surface area contributed by atoms with Crippen molar-refractivity contribution in [3.05, 3.63) is 29.3 Å². The van der Waals surface area contributed by atoms with Crippen LogP contribution in [0.5, 0.6) is 0 Å².